The zero-order valence-corrected chi connectivity index (χ0v) is 20.9. The van der Waals surface area contributed by atoms with E-state index in [0.717, 1.165) is 33.4 Å². The number of methoxy groups -OCH3 is 1. The van der Waals surface area contributed by atoms with Crippen LogP contribution in [0.25, 0.3) is 38.4 Å². The van der Waals surface area contributed by atoms with Crippen LogP contribution in [0.3, 0.4) is 0 Å². The van der Waals surface area contributed by atoms with Gasteiger partial charge in [-0.1, -0.05) is 48.0 Å². The molecular formula is C27H23IrN2O3-. The summed E-state index contributed by atoms with van der Waals surface area (Å²) < 4.78 is 7.68. The fourth-order valence-corrected chi connectivity index (χ4v) is 3.85. The minimum absolute atomic E-state index is 0. The van der Waals surface area contributed by atoms with Crippen molar-refractivity contribution in [1.82, 2.24) is 9.55 Å². The van der Waals surface area contributed by atoms with E-state index in [-0.39, 0.29) is 31.6 Å². The number of hydrogen-bond donors (Lipinski definition) is 1. The normalized spacial score (nSPS) is 11.1. The summed E-state index contributed by atoms with van der Waals surface area (Å²) in [5.74, 6) is 1.61. The molecule has 1 radical (unpaired) electrons. The largest absolute Gasteiger partial charge is 0.512 e. The predicted octanol–water partition coefficient (Wildman–Crippen LogP) is 6.18. The third-order valence-electron chi connectivity index (χ3n) is 5.07. The van der Waals surface area contributed by atoms with Gasteiger partial charge in [0, 0.05) is 42.5 Å². The van der Waals surface area contributed by atoms with Gasteiger partial charge < -0.3 is 14.4 Å². The molecule has 2 heterocycles. The number of para-hydroxylation sites is 2. The molecule has 0 aliphatic heterocycles. The van der Waals surface area contributed by atoms with Crippen LogP contribution in [0.15, 0.2) is 84.8 Å². The van der Waals surface area contributed by atoms with Gasteiger partial charge in [-0.3, -0.25) is 4.79 Å². The average Bonchev–Trinajstić information content (AvgIpc) is 3.12. The number of pyridine rings is 1. The molecular weight excluding hydrogens is 593 g/mol. The summed E-state index contributed by atoms with van der Waals surface area (Å²) in [4.78, 5) is 14.8. The van der Waals surface area contributed by atoms with Crippen molar-refractivity contribution in [2.75, 3.05) is 7.11 Å². The molecule has 0 aliphatic rings. The van der Waals surface area contributed by atoms with E-state index in [2.05, 4.69) is 53.1 Å². The Morgan fingerprint density at radius 3 is 2.24 bits per heavy atom. The van der Waals surface area contributed by atoms with Crippen LogP contribution >= 0.6 is 0 Å². The molecule has 6 heteroatoms. The Morgan fingerprint density at radius 1 is 0.970 bits per heavy atom. The van der Waals surface area contributed by atoms with Crippen LogP contribution in [0.5, 0.6) is 5.75 Å². The molecule has 0 saturated carbocycles. The summed E-state index contributed by atoms with van der Waals surface area (Å²) in [6.45, 7) is 2.85. The number of ether oxygens (including phenoxy) is 1. The van der Waals surface area contributed by atoms with E-state index in [1.807, 2.05) is 24.3 Å². The summed E-state index contributed by atoms with van der Waals surface area (Å²) >= 11 is 0. The fraction of sp³-hybridized carbons (Fsp3) is 0.111. The van der Waals surface area contributed by atoms with Gasteiger partial charge in [-0.15, -0.1) is 5.39 Å². The van der Waals surface area contributed by atoms with E-state index in [9.17, 15) is 4.79 Å². The van der Waals surface area contributed by atoms with Gasteiger partial charge in [0.15, 0.2) is 5.78 Å². The van der Waals surface area contributed by atoms with Crippen molar-refractivity contribution in [3.63, 3.8) is 0 Å². The number of carbonyl (C=O) groups excluding carboxylic acids is 1. The first kappa shape index (κ1) is 24.2. The molecule has 0 fully saturated rings. The monoisotopic (exact) mass is 616 g/mol. The molecule has 33 heavy (non-hydrogen) atoms. The molecule has 1 N–H and O–H groups in total. The molecule has 0 spiro atoms. The maximum Gasteiger partial charge on any atom is 0.155 e. The van der Waals surface area contributed by atoms with Crippen LogP contribution in [0.4, 0.5) is 0 Å². The Balaban J connectivity index is 0.000000337. The maximum absolute atomic E-state index is 10.0. The van der Waals surface area contributed by atoms with Gasteiger partial charge in [0.1, 0.15) is 11.6 Å². The number of allylic oxidation sites excluding steroid dienone is 2. The molecule has 5 aromatic rings. The van der Waals surface area contributed by atoms with Gasteiger partial charge in [0.2, 0.25) is 0 Å². The molecule has 0 aliphatic carbocycles. The van der Waals surface area contributed by atoms with E-state index in [1.54, 1.807) is 13.3 Å². The Hall–Kier alpha value is -3.47. The van der Waals surface area contributed by atoms with Gasteiger partial charge in [0.25, 0.3) is 0 Å². The first-order valence-corrected chi connectivity index (χ1v) is 10.2. The number of hydrogen-bond acceptors (Lipinski definition) is 4. The number of aliphatic hydroxyl groups excluding tert-OH is 1. The first-order valence-electron chi connectivity index (χ1n) is 10.2. The SMILES string of the molecule is CC(=O)/C=C(/C)O.COc1cnc(-n2c3[c-]cccc3c3ccccc32)c2ccccc12.[Ir]. The van der Waals surface area contributed by atoms with Gasteiger partial charge in [-0.2, -0.15) is 24.3 Å². The van der Waals surface area contributed by atoms with Crippen LogP contribution in [0.1, 0.15) is 13.8 Å². The van der Waals surface area contributed by atoms with Gasteiger partial charge >= 0.3 is 0 Å². The van der Waals surface area contributed by atoms with E-state index in [1.165, 1.54) is 30.7 Å². The predicted molar refractivity (Wildman–Crippen MR) is 129 cm³/mol. The third kappa shape index (κ3) is 4.82. The Labute approximate surface area is 205 Å². The second-order valence-electron chi connectivity index (χ2n) is 7.38. The van der Waals surface area contributed by atoms with Crippen molar-refractivity contribution >= 4 is 38.4 Å². The summed E-state index contributed by atoms with van der Waals surface area (Å²) in [5.41, 5.74) is 2.16. The summed E-state index contributed by atoms with van der Waals surface area (Å²) in [5, 5.41) is 12.9. The van der Waals surface area contributed by atoms with Crippen LogP contribution < -0.4 is 4.74 Å². The number of aliphatic hydroxyl groups is 1. The summed E-state index contributed by atoms with van der Waals surface area (Å²) in [6, 6.07) is 26.1. The van der Waals surface area contributed by atoms with Crippen molar-refractivity contribution in [3.8, 4) is 11.6 Å². The molecule has 5 nitrogen and oxygen atoms in total. The molecule has 2 aromatic heterocycles. The smallest absolute Gasteiger partial charge is 0.155 e. The average molecular weight is 616 g/mol. The Bertz CT molecular complexity index is 1410. The van der Waals surface area contributed by atoms with Crippen molar-refractivity contribution in [3.05, 3.63) is 90.8 Å². The van der Waals surface area contributed by atoms with E-state index < -0.39 is 0 Å². The summed E-state index contributed by atoms with van der Waals surface area (Å²) in [6.07, 6.45) is 2.96. The summed E-state index contributed by atoms with van der Waals surface area (Å²) in [7, 11) is 1.68. The van der Waals surface area contributed by atoms with Crippen LogP contribution in [0.2, 0.25) is 0 Å². The molecule has 0 saturated heterocycles. The van der Waals surface area contributed by atoms with Crippen LogP contribution in [-0.4, -0.2) is 27.6 Å². The Kier molecular flexibility index (Phi) is 7.64. The molecule has 0 unspecified atom stereocenters. The van der Waals surface area contributed by atoms with Crippen molar-refractivity contribution < 1.29 is 34.7 Å². The number of carbonyl (C=O) groups is 1. The molecule has 169 valence electrons. The zero-order valence-electron chi connectivity index (χ0n) is 18.5. The number of rotatable bonds is 3. The second kappa shape index (κ2) is 10.4. The number of ketones is 1. The molecule has 3 aromatic carbocycles. The Morgan fingerprint density at radius 2 is 1.61 bits per heavy atom. The third-order valence-corrected chi connectivity index (χ3v) is 5.07. The van der Waals surface area contributed by atoms with Gasteiger partial charge in [-0.05, 0) is 25.3 Å². The fourth-order valence-electron chi connectivity index (χ4n) is 3.85. The number of aromatic nitrogens is 2. The molecule has 0 atom stereocenters. The molecule has 0 bridgehead atoms. The van der Waals surface area contributed by atoms with Gasteiger partial charge in [-0.25, -0.2) is 4.98 Å². The zero-order chi connectivity index (χ0) is 22.7. The maximum atomic E-state index is 10.0. The van der Waals surface area contributed by atoms with Crippen molar-refractivity contribution in [1.29, 1.82) is 0 Å². The topological polar surface area (TPSA) is 64.3 Å². The number of nitrogens with zero attached hydrogens (tertiary/aromatic N) is 2. The van der Waals surface area contributed by atoms with Crippen molar-refractivity contribution in [2.45, 2.75) is 13.8 Å². The van der Waals surface area contributed by atoms with E-state index >= 15 is 0 Å². The van der Waals surface area contributed by atoms with E-state index in [4.69, 9.17) is 14.8 Å². The van der Waals surface area contributed by atoms with Gasteiger partial charge in [0.05, 0.1) is 19.1 Å². The second-order valence-corrected chi connectivity index (χ2v) is 7.38. The van der Waals surface area contributed by atoms with Crippen LogP contribution in [0, 0.1) is 6.07 Å². The number of fused-ring (bicyclic) bond motifs is 4. The number of benzene rings is 3. The minimum atomic E-state index is -0.125. The minimum Gasteiger partial charge on any atom is -0.512 e. The quantitative estimate of drug-likeness (QED) is 0.150. The standard InChI is InChI=1S/C22H15N2O.C5H8O2.Ir/c1-25-21-14-23-22(18-11-3-2-10-17(18)21)24-19-12-6-4-8-15(19)16-9-5-7-13-20(16)24;1-4(6)3-5(2)7;/h2-12,14H,1H3;3,6H,1-2H3;/q-1;;/b;4-3-;. The first-order chi connectivity index (χ1) is 15.5. The molecule has 0 amide bonds. The van der Waals surface area contributed by atoms with E-state index in [0.29, 0.717) is 0 Å². The molecule has 5 rings (SSSR count). The van der Waals surface area contributed by atoms with Crippen molar-refractivity contribution in [2.24, 2.45) is 0 Å². The van der Waals surface area contributed by atoms with Crippen LogP contribution in [-0.2, 0) is 24.9 Å².